The predicted octanol–water partition coefficient (Wildman–Crippen LogP) is 6.66. The van der Waals surface area contributed by atoms with Gasteiger partial charge in [-0.25, -0.2) is 14.4 Å². The van der Waals surface area contributed by atoms with E-state index in [1.54, 1.807) is 31.2 Å². The van der Waals surface area contributed by atoms with E-state index < -0.39 is 29.3 Å². The van der Waals surface area contributed by atoms with Gasteiger partial charge >= 0.3 is 0 Å². The van der Waals surface area contributed by atoms with E-state index in [0.717, 1.165) is 16.9 Å². The Morgan fingerprint density at radius 2 is 1.77 bits per heavy atom. The number of Topliss-reactive ketones (excluding diaryl/α,β-unsaturated/α-hetero) is 1. The molecule has 0 aliphatic carbocycles. The zero-order chi connectivity index (χ0) is 27.3. The van der Waals surface area contributed by atoms with Gasteiger partial charge in [0.05, 0.1) is 39.5 Å². The first-order valence-electron chi connectivity index (χ1n) is 11.9. The first kappa shape index (κ1) is 24.9. The number of halogens is 1. The molecule has 6 rings (SSSR count). The molecule has 0 fully saturated rings. The molecule has 39 heavy (non-hydrogen) atoms. The number of thiazole rings is 2. The second-order valence-electron chi connectivity index (χ2n) is 8.85. The minimum Gasteiger partial charge on any atom is -0.503 e. The molecular formula is C29H20FN3O4S2. The van der Waals surface area contributed by atoms with Crippen LogP contribution >= 0.6 is 22.7 Å². The van der Waals surface area contributed by atoms with Crippen molar-refractivity contribution >= 4 is 49.7 Å². The summed E-state index contributed by atoms with van der Waals surface area (Å²) in [4.78, 5) is 38.3. The van der Waals surface area contributed by atoms with Crippen LogP contribution < -0.4 is 9.64 Å². The molecule has 1 aliphatic rings. The monoisotopic (exact) mass is 557 g/mol. The zero-order valence-corrected chi connectivity index (χ0v) is 22.3. The van der Waals surface area contributed by atoms with Crippen molar-refractivity contribution in [1.82, 2.24) is 9.97 Å². The number of nitrogens with zero attached hydrogens (tertiary/aromatic N) is 3. The molecule has 1 aliphatic heterocycles. The molecular weight excluding hydrogens is 537 g/mol. The molecule has 194 valence electrons. The molecule has 7 nitrogen and oxygen atoms in total. The SMILES string of the molecule is COc1ccc(C2C(C(=O)c3sc(-c4ccccc4)nc3C)=C(O)C(=O)N2c2nc3ccc(F)cc3s2)cc1. The molecule has 5 aromatic rings. The number of hydrogen-bond donors (Lipinski definition) is 1. The highest BCUT2D eigenvalue weighted by Crippen LogP contribution is 2.45. The fourth-order valence-electron chi connectivity index (χ4n) is 4.56. The molecule has 1 amide bonds. The third kappa shape index (κ3) is 4.27. The Bertz CT molecular complexity index is 1780. The Morgan fingerprint density at radius 3 is 2.49 bits per heavy atom. The molecule has 3 heterocycles. The predicted molar refractivity (Wildman–Crippen MR) is 149 cm³/mol. The number of carbonyl (C=O) groups excluding carboxylic acids is 2. The van der Waals surface area contributed by atoms with Crippen LogP contribution in [0, 0.1) is 12.7 Å². The molecule has 0 radical (unpaired) electrons. The van der Waals surface area contributed by atoms with Gasteiger partial charge in [0.1, 0.15) is 16.6 Å². The van der Waals surface area contributed by atoms with E-state index in [4.69, 9.17) is 4.74 Å². The summed E-state index contributed by atoms with van der Waals surface area (Å²) in [6.45, 7) is 1.73. The van der Waals surface area contributed by atoms with E-state index in [1.165, 1.54) is 41.5 Å². The number of aromatic nitrogens is 2. The van der Waals surface area contributed by atoms with Crippen molar-refractivity contribution in [3.05, 3.63) is 106 Å². The van der Waals surface area contributed by atoms with Gasteiger partial charge in [-0.3, -0.25) is 14.5 Å². The van der Waals surface area contributed by atoms with E-state index in [2.05, 4.69) is 9.97 Å². The maximum atomic E-state index is 14.1. The van der Waals surface area contributed by atoms with Crippen LogP contribution in [0.2, 0.25) is 0 Å². The summed E-state index contributed by atoms with van der Waals surface area (Å²) in [5.41, 5.74) is 2.37. The van der Waals surface area contributed by atoms with Crippen LogP contribution in [0.3, 0.4) is 0 Å². The highest BCUT2D eigenvalue weighted by molar-refractivity contribution is 7.22. The van der Waals surface area contributed by atoms with Crippen LogP contribution in [0.25, 0.3) is 20.8 Å². The third-order valence-electron chi connectivity index (χ3n) is 6.45. The normalized spacial score (nSPS) is 15.4. The summed E-state index contributed by atoms with van der Waals surface area (Å²) in [6.07, 6.45) is 0. The third-order valence-corrected chi connectivity index (χ3v) is 8.68. The molecule has 10 heteroatoms. The number of rotatable bonds is 6. The minimum absolute atomic E-state index is 0.0676. The fourth-order valence-corrected chi connectivity index (χ4v) is 6.60. The quantitative estimate of drug-likeness (QED) is 0.235. The van der Waals surface area contributed by atoms with Crippen molar-refractivity contribution in [1.29, 1.82) is 0 Å². The number of hydrogen-bond acceptors (Lipinski definition) is 8. The number of aryl methyl sites for hydroxylation is 1. The number of ether oxygens (including phenoxy) is 1. The topological polar surface area (TPSA) is 92.6 Å². The van der Waals surface area contributed by atoms with Crippen LogP contribution in [0.5, 0.6) is 5.75 Å². The summed E-state index contributed by atoms with van der Waals surface area (Å²) in [5, 5.41) is 12.0. The van der Waals surface area contributed by atoms with E-state index in [9.17, 15) is 19.1 Å². The second kappa shape index (κ2) is 9.72. The molecule has 3 aromatic carbocycles. The number of benzene rings is 3. The van der Waals surface area contributed by atoms with Crippen LogP contribution in [-0.2, 0) is 4.79 Å². The Morgan fingerprint density at radius 1 is 1.03 bits per heavy atom. The zero-order valence-electron chi connectivity index (χ0n) is 20.7. The van der Waals surface area contributed by atoms with Gasteiger partial charge in [0.15, 0.2) is 10.9 Å². The van der Waals surface area contributed by atoms with Crippen LogP contribution in [0.1, 0.15) is 27.0 Å². The molecule has 0 bridgehead atoms. The van der Waals surface area contributed by atoms with Crippen LogP contribution in [0.15, 0.2) is 84.1 Å². The van der Waals surface area contributed by atoms with E-state index in [-0.39, 0.29) is 10.7 Å². The van der Waals surface area contributed by atoms with Gasteiger partial charge in [-0.15, -0.1) is 11.3 Å². The van der Waals surface area contributed by atoms with Gasteiger partial charge in [0, 0.05) is 5.56 Å². The molecule has 1 atom stereocenters. The molecule has 2 aromatic heterocycles. The Kier molecular flexibility index (Phi) is 6.20. The molecule has 0 saturated heterocycles. The maximum Gasteiger partial charge on any atom is 0.296 e. The Balaban J connectivity index is 1.48. The highest BCUT2D eigenvalue weighted by Gasteiger charge is 2.46. The molecule has 1 N–H and O–H groups in total. The number of carbonyl (C=O) groups is 2. The molecule has 0 saturated carbocycles. The lowest BCUT2D eigenvalue weighted by molar-refractivity contribution is -0.117. The van der Waals surface area contributed by atoms with Gasteiger partial charge in [-0.1, -0.05) is 53.8 Å². The largest absolute Gasteiger partial charge is 0.503 e. The summed E-state index contributed by atoms with van der Waals surface area (Å²) >= 11 is 2.31. The maximum absolute atomic E-state index is 14.1. The first-order chi connectivity index (χ1) is 18.9. The number of aliphatic hydroxyl groups excluding tert-OH is 1. The Hall–Kier alpha value is -4.41. The van der Waals surface area contributed by atoms with Crippen LogP contribution in [0.4, 0.5) is 9.52 Å². The van der Waals surface area contributed by atoms with E-state index in [1.807, 2.05) is 30.3 Å². The first-order valence-corrected chi connectivity index (χ1v) is 13.5. The lowest BCUT2D eigenvalue weighted by Gasteiger charge is -2.24. The second-order valence-corrected chi connectivity index (χ2v) is 10.9. The number of methoxy groups -OCH3 is 1. The van der Waals surface area contributed by atoms with E-state index >= 15 is 0 Å². The van der Waals surface area contributed by atoms with Crippen LogP contribution in [-0.4, -0.2) is 33.9 Å². The van der Waals surface area contributed by atoms with Gasteiger partial charge in [-0.05, 0) is 42.8 Å². The fraction of sp³-hybridized carbons (Fsp3) is 0.103. The summed E-state index contributed by atoms with van der Waals surface area (Å²) in [6, 6.07) is 19.6. The van der Waals surface area contributed by atoms with Crippen molar-refractivity contribution in [3.8, 4) is 16.3 Å². The Labute approximate surface area is 230 Å². The lowest BCUT2D eigenvalue weighted by atomic mass is 9.95. The van der Waals surface area contributed by atoms with E-state index in [0.29, 0.717) is 37.1 Å². The number of fused-ring (bicyclic) bond motifs is 1. The van der Waals surface area contributed by atoms with Gasteiger partial charge in [0.25, 0.3) is 5.91 Å². The van der Waals surface area contributed by atoms with Crippen molar-refractivity contribution in [2.24, 2.45) is 0 Å². The highest BCUT2D eigenvalue weighted by atomic mass is 32.1. The molecule has 0 spiro atoms. The smallest absolute Gasteiger partial charge is 0.296 e. The van der Waals surface area contributed by atoms with Crippen molar-refractivity contribution in [3.63, 3.8) is 0 Å². The minimum atomic E-state index is -0.969. The van der Waals surface area contributed by atoms with Crippen molar-refractivity contribution in [2.45, 2.75) is 13.0 Å². The summed E-state index contributed by atoms with van der Waals surface area (Å²) < 4.78 is 19.7. The number of anilines is 1. The number of aliphatic hydroxyl groups is 1. The van der Waals surface area contributed by atoms with Crippen molar-refractivity contribution in [2.75, 3.05) is 12.0 Å². The lowest BCUT2D eigenvalue weighted by Crippen LogP contribution is -2.30. The number of amides is 1. The average molecular weight is 558 g/mol. The molecule has 1 unspecified atom stereocenters. The van der Waals surface area contributed by atoms with Gasteiger partial charge in [-0.2, -0.15) is 0 Å². The van der Waals surface area contributed by atoms with Gasteiger partial charge in [0.2, 0.25) is 5.78 Å². The average Bonchev–Trinajstić information content (AvgIpc) is 3.62. The summed E-state index contributed by atoms with van der Waals surface area (Å²) in [7, 11) is 1.54. The van der Waals surface area contributed by atoms with Crippen molar-refractivity contribution < 1.29 is 23.8 Å². The van der Waals surface area contributed by atoms with Gasteiger partial charge < -0.3 is 9.84 Å². The standard InChI is InChI=1S/C29H20FN3O4S2/c1-15-26(39-27(31-15)17-6-4-3-5-7-17)24(34)22-23(16-8-11-19(37-2)12-9-16)33(28(36)25(22)35)29-32-20-13-10-18(30)14-21(20)38-29/h3-14,23,35H,1-2H3. The number of ketones is 1. The summed E-state index contributed by atoms with van der Waals surface area (Å²) in [5.74, 6) is -1.74.